The second-order valence-electron chi connectivity index (χ2n) is 3.90. The van der Waals surface area contributed by atoms with Gasteiger partial charge < -0.3 is 5.11 Å². The lowest BCUT2D eigenvalue weighted by Gasteiger charge is -2.08. The molecule has 0 amide bonds. The van der Waals surface area contributed by atoms with Crippen LogP contribution < -0.4 is 0 Å². The highest BCUT2D eigenvalue weighted by Gasteiger charge is 2.30. The number of hydrogen-bond acceptors (Lipinski definition) is 3. The maximum Gasteiger partial charge on any atom is 0.417 e. The molecule has 0 atom stereocenters. The Morgan fingerprint density at radius 3 is 2.45 bits per heavy atom. The minimum absolute atomic E-state index is 0.333. The maximum atomic E-state index is 13.0. The molecule has 0 unspecified atom stereocenters. The summed E-state index contributed by atoms with van der Waals surface area (Å²) in [5.41, 5.74) is -0.472. The molecule has 1 aromatic carbocycles. The average Bonchev–Trinajstić information content (AvgIpc) is 2.40. The van der Waals surface area contributed by atoms with E-state index in [4.69, 9.17) is 5.11 Å². The molecule has 0 fully saturated rings. The van der Waals surface area contributed by atoms with Gasteiger partial charge in [0.1, 0.15) is 10.8 Å². The van der Waals surface area contributed by atoms with E-state index in [-0.39, 0.29) is 6.61 Å². The Hall–Kier alpha value is -1.60. The molecule has 0 aliphatic rings. The second-order valence-corrected chi connectivity index (χ2v) is 4.96. The summed E-state index contributed by atoms with van der Waals surface area (Å²) in [7, 11) is 0. The number of halogens is 4. The van der Waals surface area contributed by atoms with Crippen molar-refractivity contribution in [2.45, 2.75) is 22.7 Å². The van der Waals surface area contributed by atoms with Crippen LogP contribution >= 0.6 is 11.8 Å². The fourth-order valence-electron chi connectivity index (χ4n) is 1.49. The second kappa shape index (κ2) is 5.80. The molecule has 1 N–H and O–H groups in total. The van der Waals surface area contributed by atoms with Crippen molar-refractivity contribution in [3.8, 4) is 0 Å². The summed E-state index contributed by atoms with van der Waals surface area (Å²) in [6.45, 7) is -0.360. The lowest BCUT2D eigenvalue weighted by molar-refractivity contribution is -0.137. The molecule has 7 heteroatoms. The van der Waals surface area contributed by atoms with Crippen LogP contribution in [0.1, 0.15) is 11.1 Å². The van der Waals surface area contributed by atoms with E-state index in [2.05, 4.69) is 4.98 Å². The quantitative estimate of drug-likeness (QED) is 0.873. The Kier molecular flexibility index (Phi) is 4.29. The van der Waals surface area contributed by atoms with Crippen LogP contribution in [0, 0.1) is 5.82 Å². The zero-order valence-electron chi connectivity index (χ0n) is 9.99. The van der Waals surface area contributed by atoms with Crippen molar-refractivity contribution in [2.24, 2.45) is 0 Å². The molecule has 0 radical (unpaired) electrons. The molecule has 0 aliphatic carbocycles. The van der Waals surface area contributed by atoms with Gasteiger partial charge >= 0.3 is 6.18 Å². The number of alkyl halides is 3. The molecule has 0 spiro atoms. The first kappa shape index (κ1) is 14.8. The van der Waals surface area contributed by atoms with E-state index in [1.54, 1.807) is 0 Å². The summed E-state index contributed by atoms with van der Waals surface area (Å²) in [5, 5.41) is 9.46. The van der Waals surface area contributed by atoms with Gasteiger partial charge in [0.25, 0.3) is 0 Å². The molecule has 1 aromatic heterocycles. The summed E-state index contributed by atoms with van der Waals surface area (Å²) in [5.74, 6) is -0.487. The third kappa shape index (κ3) is 3.49. The van der Waals surface area contributed by atoms with Crippen molar-refractivity contribution in [2.75, 3.05) is 0 Å². The van der Waals surface area contributed by atoms with E-state index in [0.29, 0.717) is 15.5 Å². The highest BCUT2D eigenvalue weighted by atomic mass is 32.2. The van der Waals surface area contributed by atoms with E-state index in [0.717, 1.165) is 24.0 Å². The Labute approximate surface area is 116 Å². The number of nitrogens with zero attached hydrogens (tertiary/aromatic N) is 1. The van der Waals surface area contributed by atoms with Gasteiger partial charge in [0.05, 0.1) is 12.2 Å². The van der Waals surface area contributed by atoms with Crippen molar-refractivity contribution in [3.63, 3.8) is 0 Å². The highest BCUT2D eigenvalue weighted by Crippen LogP contribution is 2.33. The Bertz CT molecular complexity index is 598. The summed E-state index contributed by atoms with van der Waals surface area (Å²) in [6.07, 6.45) is -3.69. The monoisotopic (exact) mass is 303 g/mol. The number of aliphatic hydroxyl groups is 1. The van der Waals surface area contributed by atoms with E-state index in [1.807, 2.05) is 0 Å². The summed E-state index contributed by atoms with van der Waals surface area (Å²) in [6, 6.07) is 6.00. The zero-order chi connectivity index (χ0) is 14.8. The topological polar surface area (TPSA) is 33.1 Å². The smallest absolute Gasteiger partial charge is 0.392 e. The van der Waals surface area contributed by atoms with Crippen LogP contribution in [0.2, 0.25) is 0 Å². The van der Waals surface area contributed by atoms with Crippen LogP contribution in [0.5, 0.6) is 0 Å². The Morgan fingerprint density at radius 1 is 1.15 bits per heavy atom. The molecule has 2 rings (SSSR count). The van der Waals surface area contributed by atoms with Gasteiger partial charge in [-0.2, -0.15) is 13.2 Å². The van der Waals surface area contributed by atoms with Gasteiger partial charge in [-0.25, -0.2) is 9.37 Å². The highest BCUT2D eigenvalue weighted by molar-refractivity contribution is 7.99. The van der Waals surface area contributed by atoms with Crippen LogP contribution in [0.3, 0.4) is 0 Å². The molecule has 20 heavy (non-hydrogen) atoms. The molecule has 0 bridgehead atoms. The van der Waals surface area contributed by atoms with Crippen molar-refractivity contribution in [1.82, 2.24) is 4.98 Å². The van der Waals surface area contributed by atoms with Crippen LogP contribution in [-0.2, 0) is 12.8 Å². The summed E-state index contributed by atoms with van der Waals surface area (Å²) in [4.78, 5) is 4.25. The molecule has 106 valence electrons. The van der Waals surface area contributed by atoms with Gasteiger partial charge in [-0.15, -0.1) is 0 Å². The van der Waals surface area contributed by atoms with Gasteiger partial charge in [0.2, 0.25) is 0 Å². The van der Waals surface area contributed by atoms with Gasteiger partial charge in [-0.3, -0.25) is 0 Å². The predicted molar refractivity (Wildman–Crippen MR) is 65.7 cm³/mol. The minimum atomic E-state index is -4.43. The van der Waals surface area contributed by atoms with Gasteiger partial charge in [-0.05, 0) is 35.9 Å². The van der Waals surface area contributed by atoms with Gasteiger partial charge in [0.15, 0.2) is 0 Å². The van der Waals surface area contributed by atoms with Crippen LogP contribution in [0.4, 0.5) is 17.6 Å². The number of hydrogen-bond donors (Lipinski definition) is 1. The van der Waals surface area contributed by atoms with Crippen molar-refractivity contribution < 1.29 is 22.7 Å². The Morgan fingerprint density at radius 2 is 1.90 bits per heavy atom. The predicted octanol–water partition coefficient (Wildman–Crippen LogP) is 3.88. The van der Waals surface area contributed by atoms with Crippen LogP contribution in [0.25, 0.3) is 0 Å². The van der Waals surface area contributed by atoms with E-state index >= 15 is 0 Å². The summed E-state index contributed by atoms with van der Waals surface area (Å²) < 4.78 is 50.2. The Balaban J connectivity index is 2.22. The average molecular weight is 303 g/mol. The SMILES string of the molecule is OCc1cc(F)ccc1Sc1ccc(C(F)(F)F)cn1. The maximum absolute atomic E-state index is 13.0. The van der Waals surface area contributed by atoms with E-state index < -0.39 is 17.6 Å². The van der Waals surface area contributed by atoms with E-state index in [9.17, 15) is 17.6 Å². The van der Waals surface area contributed by atoms with Gasteiger partial charge in [0, 0.05) is 11.1 Å². The standard InChI is InChI=1S/C13H9F4NOS/c14-10-2-3-11(8(5-10)7-19)20-12-4-1-9(6-18-12)13(15,16)17/h1-6,19H,7H2. The fourth-order valence-corrected chi connectivity index (χ4v) is 2.35. The number of aliphatic hydroxyl groups excluding tert-OH is 1. The lowest BCUT2D eigenvalue weighted by Crippen LogP contribution is -2.05. The zero-order valence-corrected chi connectivity index (χ0v) is 10.8. The molecular formula is C13H9F4NOS. The number of benzene rings is 1. The number of rotatable bonds is 3. The first-order valence-corrected chi connectivity index (χ1v) is 6.32. The molecule has 2 nitrogen and oxygen atoms in total. The van der Waals surface area contributed by atoms with Crippen molar-refractivity contribution >= 4 is 11.8 Å². The third-order valence-electron chi connectivity index (χ3n) is 2.47. The van der Waals surface area contributed by atoms with Crippen molar-refractivity contribution in [3.05, 3.63) is 53.5 Å². The molecule has 1 heterocycles. The lowest BCUT2D eigenvalue weighted by atomic mass is 10.2. The molecule has 2 aromatic rings. The largest absolute Gasteiger partial charge is 0.417 e. The molecular weight excluding hydrogens is 294 g/mol. The summed E-state index contributed by atoms with van der Waals surface area (Å²) >= 11 is 1.06. The first-order valence-electron chi connectivity index (χ1n) is 5.50. The third-order valence-corrected chi connectivity index (χ3v) is 3.54. The minimum Gasteiger partial charge on any atom is -0.392 e. The van der Waals surface area contributed by atoms with Crippen LogP contribution in [-0.4, -0.2) is 10.1 Å². The van der Waals surface area contributed by atoms with Gasteiger partial charge in [-0.1, -0.05) is 11.8 Å². The van der Waals surface area contributed by atoms with E-state index in [1.165, 1.54) is 24.3 Å². The molecule has 0 saturated carbocycles. The number of aromatic nitrogens is 1. The fraction of sp³-hybridized carbons (Fsp3) is 0.154. The van der Waals surface area contributed by atoms with Crippen LogP contribution in [0.15, 0.2) is 46.5 Å². The molecule has 0 saturated heterocycles. The normalized spacial score (nSPS) is 11.7. The van der Waals surface area contributed by atoms with Crippen molar-refractivity contribution in [1.29, 1.82) is 0 Å². The number of pyridine rings is 1. The first-order chi connectivity index (χ1) is 9.40. The molecule has 0 aliphatic heterocycles.